The minimum absolute atomic E-state index is 0.0387. The first-order valence-electron chi connectivity index (χ1n) is 6.51. The number of amidine groups is 1. The molecular weight excluding hydrogens is 324 g/mol. The van der Waals surface area contributed by atoms with E-state index >= 15 is 0 Å². The number of carboxylic acids is 1. The number of nitrogens with one attached hydrogen (secondary N) is 2. The second kappa shape index (κ2) is 7.58. The molecule has 1 aromatic heterocycles. The largest absolute Gasteiger partial charge is 0.480 e. The summed E-state index contributed by atoms with van der Waals surface area (Å²) in [5.74, 6) is -1.19. The van der Waals surface area contributed by atoms with E-state index in [1.807, 2.05) is 0 Å². The van der Waals surface area contributed by atoms with E-state index in [0.29, 0.717) is 9.88 Å². The minimum atomic E-state index is -1.15. The molecule has 5 N–H and O–H groups in total. The number of hydrogen-bond donors (Lipinski definition) is 4. The van der Waals surface area contributed by atoms with Crippen LogP contribution in [-0.2, 0) is 9.53 Å². The molecule has 0 aliphatic carbocycles. The van der Waals surface area contributed by atoms with E-state index in [1.54, 1.807) is 32.9 Å². The average molecular weight is 342 g/mol. The Morgan fingerprint density at radius 1 is 1.35 bits per heavy atom. The number of amides is 3. The Morgan fingerprint density at radius 3 is 2.57 bits per heavy atom. The standard InChI is InChI=1S/C13H18N4O5S/c1-13(2,3)22-12(21)17-10(14)7-4-5-8(23-7)16-11(20)15-6-9(18)19/h4-5H,6H2,1-3H3,(H,18,19)(H2,14,17,21)(H2,15,16,20). The lowest BCUT2D eigenvalue weighted by Gasteiger charge is -2.17. The summed E-state index contributed by atoms with van der Waals surface area (Å²) < 4.78 is 5.02. The number of aliphatic carboxylic acids is 1. The lowest BCUT2D eigenvalue weighted by atomic mass is 10.2. The van der Waals surface area contributed by atoms with Gasteiger partial charge < -0.3 is 20.9 Å². The van der Waals surface area contributed by atoms with Crippen molar-refractivity contribution in [1.82, 2.24) is 5.32 Å². The first-order valence-corrected chi connectivity index (χ1v) is 7.32. The summed E-state index contributed by atoms with van der Waals surface area (Å²) in [6.07, 6.45) is -0.808. The molecule has 0 unspecified atom stereocenters. The topological polar surface area (TPSA) is 143 Å². The van der Waals surface area contributed by atoms with Gasteiger partial charge in [0.25, 0.3) is 0 Å². The number of aliphatic imine (C=N–C) groups is 1. The predicted octanol–water partition coefficient (Wildman–Crippen LogP) is 1.59. The van der Waals surface area contributed by atoms with Crippen molar-refractivity contribution in [3.8, 4) is 0 Å². The summed E-state index contributed by atoms with van der Waals surface area (Å²) in [5, 5.41) is 13.5. The van der Waals surface area contributed by atoms with Gasteiger partial charge in [-0.3, -0.25) is 10.1 Å². The van der Waals surface area contributed by atoms with Gasteiger partial charge in [-0.2, -0.15) is 4.99 Å². The van der Waals surface area contributed by atoms with Gasteiger partial charge in [0.15, 0.2) is 0 Å². The van der Waals surface area contributed by atoms with Gasteiger partial charge >= 0.3 is 18.1 Å². The van der Waals surface area contributed by atoms with E-state index in [0.717, 1.165) is 11.3 Å². The highest BCUT2D eigenvalue weighted by Gasteiger charge is 2.16. The van der Waals surface area contributed by atoms with Crippen LogP contribution in [0.5, 0.6) is 0 Å². The minimum Gasteiger partial charge on any atom is -0.480 e. The molecule has 1 aromatic rings. The third-order valence-electron chi connectivity index (χ3n) is 2.10. The highest BCUT2D eigenvalue weighted by molar-refractivity contribution is 7.18. The number of carbonyl (C=O) groups excluding carboxylic acids is 2. The maximum Gasteiger partial charge on any atom is 0.436 e. The van der Waals surface area contributed by atoms with Crippen molar-refractivity contribution in [3.63, 3.8) is 0 Å². The Hall–Kier alpha value is -2.62. The zero-order chi connectivity index (χ0) is 17.6. The molecule has 0 aliphatic heterocycles. The molecule has 3 amide bonds. The number of urea groups is 1. The van der Waals surface area contributed by atoms with Crippen molar-refractivity contribution in [3.05, 3.63) is 17.0 Å². The van der Waals surface area contributed by atoms with E-state index in [4.69, 9.17) is 15.6 Å². The van der Waals surface area contributed by atoms with Crippen LogP contribution in [0.2, 0.25) is 0 Å². The first-order chi connectivity index (χ1) is 10.6. The molecule has 1 heterocycles. The van der Waals surface area contributed by atoms with Crippen LogP contribution in [-0.4, -0.2) is 41.2 Å². The Kier molecular flexibility index (Phi) is 6.08. The molecular formula is C13H18N4O5S. The Bertz CT molecular complexity index is 633. The molecule has 0 spiro atoms. The molecule has 0 aliphatic rings. The van der Waals surface area contributed by atoms with Crippen molar-refractivity contribution < 1.29 is 24.2 Å². The first kappa shape index (κ1) is 18.4. The van der Waals surface area contributed by atoms with Crippen LogP contribution < -0.4 is 16.4 Å². The number of carbonyl (C=O) groups is 3. The molecule has 0 bridgehead atoms. The summed E-state index contributed by atoms with van der Waals surface area (Å²) in [6.45, 7) is 4.63. The number of ether oxygens (including phenoxy) is 1. The van der Waals surface area contributed by atoms with Gasteiger partial charge in [0, 0.05) is 0 Å². The van der Waals surface area contributed by atoms with E-state index in [9.17, 15) is 14.4 Å². The highest BCUT2D eigenvalue weighted by Crippen LogP contribution is 2.21. The van der Waals surface area contributed by atoms with Crippen LogP contribution in [0, 0.1) is 0 Å². The number of hydrogen-bond acceptors (Lipinski definition) is 5. The van der Waals surface area contributed by atoms with Crippen LogP contribution >= 0.6 is 11.3 Å². The van der Waals surface area contributed by atoms with Gasteiger partial charge in [0.2, 0.25) is 0 Å². The van der Waals surface area contributed by atoms with Gasteiger partial charge in [0.1, 0.15) is 18.0 Å². The number of rotatable bonds is 4. The molecule has 126 valence electrons. The lowest BCUT2D eigenvalue weighted by Crippen LogP contribution is -2.32. The van der Waals surface area contributed by atoms with Crippen LogP contribution in [0.25, 0.3) is 0 Å². The normalized spacial score (nSPS) is 11.7. The zero-order valence-corrected chi connectivity index (χ0v) is 13.7. The van der Waals surface area contributed by atoms with Crippen LogP contribution in [0.15, 0.2) is 17.1 Å². The summed E-state index contributed by atoms with van der Waals surface area (Å²) in [4.78, 5) is 37.4. The Balaban J connectivity index is 2.66. The molecule has 10 heteroatoms. The lowest BCUT2D eigenvalue weighted by molar-refractivity contribution is -0.135. The molecule has 0 radical (unpaired) electrons. The summed E-state index contributed by atoms with van der Waals surface area (Å²) in [7, 11) is 0. The number of nitrogens with zero attached hydrogens (tertiary/aromatic N) is 1. The van der Waals surface area contributed by atoms with Crippen LogP contribution in [0.4, 0.5) is 14.6 Å². The molecule has 23 heavy (non-hydrogen) atoms. The quantitative estimate of drug-likeness (QED) is 0.483. The van der Waals surface area contributed by atoms with Crippen LogP contribution in [0.1, 0.15) is 25.6 Å². The zero-order valence-electron chi connectivity index (χ0n) is 12.9. The monoisotopic (exact) mass is 342 g/mol. The van der Waals surface area contributed by atoms with Crippen molar-refractivity contribution in [1.29, 1.82) is 0 Å². The number of anilines is 1. The summed E-state index contributed by atoms with van der Waals surface area (Å²) >= 11 is 1.08. The molecule has 0 aromatic carbocycles. The summed E-state index contributed by atoms with van der Waals surface area (Å²) in [5.41, 5.74) is 5.04. The van der Waals surface area contributed by atoms with Crippen LogP contribution in [0.3, 0.4) is 0 Å². The molecule has 0 saturated heterocycles. The molecule has 9 nitrogen and oxygen atoms in total. The molecule has 1 rings (SSSR count). The molecule has 0 saturated carbocycles. The van der Waals surface area contributed by atoms with E-state index in [2.05, 4.69) is 15.6 Å². The van der Waals surface area contributed by atoms with E-state index in [1.165, 1.54) is 0 Å². The van der Waals surface area contributed by atoms with Gasteiger partial charge in [-0.1, -0.05) is 0 Å². The maximum atomic E-state index is 11.6. The smallest absolute Gasteiger partial charge is 0.436 e. The third kappa shape index (κ3) is 7.27. The van der Waals surface area contributed by atoms with E-state index in [-0.39, 0.29) is 5.84 Å². The SMILES string of the molecule is CC(C)(C)OC(=O)N=C(N)c1ccc(NC(=O)NCC(=O)O)s1. The fraction of sp³-hybridized carbons (Fsp3) is 0.385. The number of thiophene rings is 1. The van der Waals surface area contributed by atoms with Crippen molar-refractivity contribution in [2.24, 2.45) is 10.7 Å². The number of nitrogens with two attached hydrogens (primary N) is 1. The molecule has 0 fully saturated rings. The van der Waals surface area contributed by atoms with E-state index < -0.39 is 30.2 Å². The summed E-state index contributed by atoms with van der Waals surface area (Å²) in [6, 6.07) is 2.46. The third-order valence-corrected chi connectivity index (χ3v) is 3.12. The van der Waals surface area contributed by atoms with Gasteiger partial charge in [-0.15, -0.1) is 11.3 Å². The van der Waals surface area contributed by atoms with Gasteiger partial charge in [-0.05, 0) is 32.9 Å². The second-order valence-electron chi connectivity index (χ2n) is 5.34. The second-order valence-corrected chi connectivity index (χ2v) is 6.43. The van der Waals surface area contributed by atoms with Gasteiger partial charge in [-0.25, -0.2) is 9.59 Å². The predicted molar refractivity (Wildman–Crippen MR) is 85.9 cm³/mol. The maximum absolute atomic E-state index is 11.6. The fourth-order valence-electron chi connectivity index (χ4n) is 1.29. The highest BCUT2D eigenvalue weighted by atomic mass is 32.1. The van der Waals surface area contributed by atoms with Crippen molar-refractivity contribution in [2.75, 3.05) is 11.9 Å². The Morgan fingerprint density at radius 2 is 2.00 bits per heavy atom. The number of carboxylic acid groups (broad SMARTS) is 1. The Labute approximate surface area is 136 Å². The van der Waals surface area contributed by atoms with Crippen molar-refractivity contribution >= 4 is 40.3 Å². The average Bonchev–Trinajstić information content (AvgIpc) is 2.82. The fourth-order valence-corrected chi connectivity index (χ4v) is 2.10. The van der Waals surface area contributed by atoms with Gasteiger partial charge in [0.05, 0.1) is 9.88 Å². The molecule has 0 atom stereocenters. The van der Waals surface area contributed by atoms with Crippen molar-refractivity contribution in [2.45, 2.75) is 26.4 Å².